The predicted molar refractivity (Wildman–Crippen MR) is 79.3 cm³/mol. The summed E-state index contributed by atoms with van der Waals surface area (Å²) in [6.07, 6.45) is 1.46. The van der Waals surface area contributed by atoms with Crippen molar-refractivity contribution in [1.82, 2.24) is 10.3 Å². The number of benzene rings is 1. The van der Waals surface area contributed by atoms with Crippen molar-refractivity contribution in [2.24, 2.45) is 0 Å². The van der Waals surface area contributed by atoms with Gasteiger partial charge in [-0.05, 0) is 23.6 Å². The van der Waals surface area contributed by atoms with Crippen LogP contribution in [0.4, 0.5) is 4.39 Å². The molecule has 0 aliphatic rings. The second-order valence-electron chi connectivity index (χ2n) is 4.96. The molecule has 3 nitrogen and oxygen atoms in total. The van der Waals surface area contributed by atoms with E-state index in [1.54, 1.807) is 12.1 Å². The van der Waals surface area contributed by atoms with Gasteiger partial charge in [0, 0.05) is 17.3 Å². The summed E-state index contributed by atoms with van der Waals surface area (Å²) in [6.45, 7) is 4.83. The number of rotatable bonds is 4. The molecular weight excluding hydrogens is 275 g/mol. The van der Waals surface area contributed by atoms with Crippen molar-refractivity contribution < 1.29 is 8.81 Å². The van der Waals surface area contributed by atoms with Crippen LogP contribution in [0.5, 0.6) is 0 Å². The zero-order valence-corrected chi connectivity index (χ0v) is 12.1. The van der Waals surface area contributed by atoms with Crippen molar-refractivity contribution >= 4 is 21.4 Å². The van der Waals surface area contributed by atoms with Crippen molar-refractivity contribution in [2.45, 2.75) is 26.4 Å². The Morgan fingerprint density at radius 2 is 2.20 bits per heavy atom. The molecule has 104 valence electrons. The maximum absolute atomic E-state index is 13.2. The summed E-state index contributed by atoms with van der Waals surface area (Å²) in [5.74, 6) is 0.546. The third-order valence-corrected chi connectivity index (χ3v) is 4.12. The lowest BCUT2D eigenvalue weighted by molar-refractivity contribution is 0.564. The zero-order chi connectivity index (χ0) is 14.1. The average molecular weight is 290 g/mol. The third-order valence-electron chi connectivity index (χ3n) is 3.02. The van der Waals surface area contributed by atoms with E-state index in [1.165, 1.54) is 23.8 Å². The molecule has 0 saturated carbocycles. The summed E-state index contributed by atoms with van der Waals surface area (Å²) in [4.78, 5) is 5.23. The summed E-state index contributed by atoms with van der Waals surface area (Å²) < 4.78 is 19.7. The minimum Gasteiger partial charge on any atom is -0.442 e. The highest BCUT2D eigenvalue weighted by Gasteiger charge is 2.14. The molecule has 0 aliphatic carbocycles. The summed E-state index contributed by atoms with van der Waals surface area (Å²) in [5.41, 5.74) is 0.880. The van der Waals surface area contributed by atoms with Gasteiger partial charge in [0.05, 0.1) is 4.88 Å². The number of nitrogens with one attached hydrogen (secondary N) is 1. The molecule has 0 unspecified atom stereocenters. The van der Waals surface area contributed by atoms with Gasteiger partial charge in [0.2, 0.25) is 0 Å². The Morgan fingerprint density at radius 1 is 1.35 bits per heavy atom. The molecule has 0 bridgehead atoms. The quantitative estimate of drug-likeness (QED) is 0.783. The van der Waals surface area contributed by atoms with Gasteiger partial charge < -0.3 is 9.73 Å². The van der Waals surface area contributed by atoms with Crippen molar-refractivity contribution in [1.29, 1.82) is 0 Å². The highest BCUT2D eigenvalue weighted by molar-refractivity contribution is 7.22. The molecule has 0 fully saturated rings. The molecule has 0 saturated heterocycles. The molecule has 1 N–H and O–H groups in total. The van der Waals surface area contributed by atoms with Crippen LogP contribution in [-0.4, -0.2) is 11.0 Å². The lowest BCUT2D eigenvalue weighted by Crippen LogP contribution is -2.22. The van der Waals surface area contributed by atoms with E-state index in [2.05, 4.69) is 24.1 Å². The van der Waals surface area contributed by atoms with Crippen LogP contribution in [0, 0.1) is 5.82 Å². The van der Waals surface area contributed by atoms with Crippen molar-refractivity contribution in [3.05, 3.63) is 42.2 Å². The SMILES string of the molecule is CC(C)NCc1ncoc1-c1cc2ccc(F)cc2s1. The fraction of sp³-hybridized carbons (Fsp3) is 0.267. The minimum atomic E-state index is -0.217. The van der Waals surface area contributed by atoms with Crippen LogP contribution in [0.25, 0.3) is 20.7 Å². The van der Waals surface area contributed by atoms with E-state index >= 15 is 0 Å². The molecule has 0 amide bonds. The van der Waals surface area contributed by atoms with Crippen LogP contribution in [0.1, 0.15) is 19.5 Å². The first kappa shape index (κ1) is 13.3. The first-order valence-corrected chi connectivity index (χ1v) is 7.30. The second-order valence-corrected chi connectivity index (χ2v) is 6.04. The maximum Gasteiger partial charge on any atom is 0.181 e. The van der Waals surface area contributed by atoms with E-state index in [1.807, 2.05) is 6.07 Å². The Bertz CT molecular complexity index is 732. The molecule has 0 aliphatic heterocycles. The molecule has 3 rings (SSSR count). The molecule has 3 aromatic rings. The van der Waals surface area contributed by atoms with Gasteiger partial charge in [0.1, 0.15) is 11.5 Å². The molecule has 2 heterocycles. The largest absolute Gasteiger partial charge is 0.442 e. The molecule has 5 heteroatoms. The number of hydrogen-bond acceptors (Lipinski definition) is 4. The van der Waals surface area contributed by atoms with E-state index in [9.17, 15) is 4.39 Å². The minimum absolute atomic E-state index is 0.217. The summed E-state index contributed by atoms with van der Waals surface area (Å²) in [6, 6.07) is 7.20. The Morgan fingerprint density at radius 3 is 3.00 bits per heavy atom. The van der Waals surface area contributed by atoms with E-state index in [4.69, 9.17) is 4.42 Å². The van der Waals surface area contributed by atoms with Crippen LogP contribution in [0.15, 0.2) is 35.1 Å². The standard InChI is InChI=1S/C15H15FN2OS/c1-9(2)17-7-12-15(19-8-18-12)14-5-10-3-4-11(16)6-13(10)20-14/h3-6,8-9,17H,7H2,1-2H3. The number of aromatic nitrogens is 1. The van der Waals surface area contributed by atoms with E-state index in [0.717, 1.165) is 26.4 Å². The fourth-order valence-electron chi connectivity index (χ4n) is 2.01. The number of thiophene rings is 1. The van der Waals surface area contributed by atoms with Crippen molar-refractivity contribution in [3.8, 4) is 10.6 Å². The fourth-order valence-corrected chi connectivity index (χ4v) is 3.11. The third kappa shape index (κ3) is 2.59. The zero-order valence-electron chi connectivity index (χ0n) is 11.3. The van der Waals surface area contributed by atoms with E-state index < -0.39 is 0 Å². The smallest absolute Gasteiger partial charge is 0.181 e. The van der Waals surface area contributed by atoms with Gasteiger partial charge in [-0.3, -0.25) is 0 Å². The van der Waals surface area contributed by atoms with Gasteiger partial charge >= 0.3 is 0 Å². The van der Waals surface area contributed by atoms with E-state index in [0.29, 0.717) is 12.6 Å². The Labute approximate surface area is 120 Å². The first-order valence-electron chi connectivity index (χ1n) is 6.48. The highest BCUT2D eigenvalue weighted by Crippen LogP contribution is 2.35. The van der Waals surface area contributed by atoms with Crippen molar-refractivity contribution in [3.63, 3.8) is 0 Å². The number of halogens is 1. The van der Waals surface area contributed by atoms with Crippen LogP contribution < -0.4 is 5.32 Å². The molecule has 1 aromatic carbocycles. The lowest BCUT2D eigenvalue weighted by Gasteiger charge is -2.05. The maximum atomic E-state index is 13.2. The van der Waals surface area contributed by atoms with E-state index in [-0.39, 0.29) is 5.82 Å². The summed E-state index contributed by atoms with van der Waals surface area (Å²) in [5, 5.41) is 4.34. The molecular formula is C15H15FN2OS. The molecule has 0 atom stereocenters. The summed E-state index contributed by atoms with van der Waals surface area (Å²) in [7, 11) is 0. The molecule has 2 aromatic heterocycles. The van der Waals surface area contributed by atoms with Gasteiger partial charge in [0.15, 0.2) is 12.2 Å². The second kappa shape index (κ2) is 5.34. The topological polar surface area (TPSA) is 38.1 Å². The van der Waals surface area contributed by atoms with Gasteiger partial charge in [-0.15, -0.1) is 11.3 Å². The van der Waals surface area contributed by atoms with Crippen LogP contribution in [-0.2, 0) is 6.54 Å². The normalized spacial score (nSPS) is 11.6. The number of fused-ring (bicyclic) bond motifs is 1. The Hall–Kier alpha value is -1.72. The predicted octanol–water partition coefficient (Wildman–Crippen LogP) is 4.19. The number of nitrogens with zero attached hydrogens (tertiary/aromatic N) is 1. The molecule has 0 radical (unpaired) electrons. The van der Waals surface area contributed by atoms with Gasteiger partial charge in [0.25, 0.3) is 0 Å². The highest BCUT2D eigenvalue weighted by atomic mass is 32.1. The Balaban J connectivity index is 1.96. The van der Waals surface area contributed by atoms with Gasteiger partial charge in [-0.1, -0.05) is 19.9 Å². The van der Waals surface area contributed by atoms with Crippen LogP contribution in [0.3, 0.4) is 0 Å². The molecule has 20 heavy (non-hydrogen) atoms. The van der Waals surface area contributed by atoms with Crippen LogP contribution >= 0.6 is 11.3 Å². The van der Waals surface area contributed by atoms with Crippen molar-refractivity contribution in [2.75, 3.05) is 0 Å². The lowest BCUT2D eigenvalue weighted by atomic mass is 10.2. The van der Waals surface area contributed by atoms with Crippen LogP contribution in [0.2, 0.25) is 0 Å². The average Bonchev–Trinajstić information content (AvgIpc) is 3.01. The first-order chi connectivity index (χ1) is 9.63. The molecule has 0 spiro atoms. The number of oxazole rings is 1. The Kier molecular flexibility index (Phi) is 3.54. The monoisotopic (exact) mass is 290 g/mol. The van der Waals surface area contributed by atoms with Gasteiger partial charge in [-0.25, -0.2) is 9.37 Å². The summed E-state index contributed by atoms with van der Waals surface area (Å²) >= 11 is 1.52. The number of hydrogen-bond donors (Lipinski definition) is 1. The van der Waals surface area contributed by atoms with Gasteiger partial charge in [-0.2, -0.15) is 0 Å².